The third-order valence-corrected chi connectivity index (χ3v) is 5.41. The quantitative estimate of drug-likeness (QED) is 0.670. The number of anilines is 1. The van der Waals surface area contributed by atoms with Crippen LogP contribution < -0.4 is 15.5 Å². The van der Waals surface area contributed by atoms with E-state index in [1.165, 1.54) is 0 Å². The number of carbonyl (C=O) groups is 2. The van der Waals surface area contributed by atoms with Crippen LogP contribution in [0.25, 0.3) is 0 Å². The number of pyridine rings is 1. The van der Waals surface area contributed by atoms with Crippen LogP contribution >= 0.6 is 0 Å². The van der Waals surface area contributed by atoms with Gasteiger partial charge in [-0.05, 0) is 39.4 Å². The molecule has 1 fully saturated rings. The Labute approximate surface area is 196 Å². The molecule has 2 N–H and O–H groups in total. The van der Waals surface area contributed by atoms with Gasteiger partial charge in [0.05, 0.1) is 0 Å². The number of hydrogen-bond acceptors (Lipinski definition) is 6. The molecule has 2 heterocycles. The second-order valence-corrected chi connectivity index (χ2v) is 9.38. The summed E-state index contributed by atoms with van der Waals surface area (Å²) >= 11 is 0. The molecule has 1 aromatic carbocycles. The molecule has 1 aromatic heterocycles. The summed E-state index contributed by atoms with van der Waals surface area (Å²) in [6.07, 6.45) is 1.53. The van der Waals surface area contributed by atoms with Crippen molar-refractivity contribution in [3.63, 3.8) is 0 Å². The normalized spacial score (nSPS) is 15.6. The van der Waals surface area contributed by atoms with Crippen molar-refractivity contribution in [2.24, 2.45) is 0 Å². The maximum Gasteiger partial charge on any atom is 0.408 e. The van der Waals surface area contributed by atoms with Gasteiger partial charge in [-0.1, -0.05) is 36.4 Å². The Bertz CT molecular complexity index is 921. The fraction of sp³-hybridized carbons (Fsp3) is 0.480. The maximum absolute atomic E-state index is 13.1. The lowest BCUT2D eigenvalue weighted by molar-refractivity contribution is -0.123. The summed E-state index contributed by atoms with van der Waals surface area (Å²) in [6, 6.07) is 12.7. The molecule has 2 aromatic rings. The van der Waals surface area contributed by atoms with Crippen molar-refractivity contribution in [1.29, 1.82) is 0 Å². The Kier molecular flexibility index (Phi) is 8.27. The fourth-order valence-electron chi connectivity index (χ4n) is 3.69. The van der Waals surface area contributed by atoms with E-state index in [0.29, 0.717) is 13.0 Å². The second-order valence-electron chi connectivity index (χ2n) is 9.38. The Hall–Kier alpha value is -3.13. The number of likely N-dealkylation sites (N-methyl/N-ethyl adjacent to an activating group) is 1. The highest BCUT2D eigenvalue weighted by molar-refractivity contribution is 5.86. The van der Waals surface area contributed by atoms with Crippen LogP contribution in [-0.2, 0) is 22.5 Å². The molecule has 0 spiro atoms. The summed E-state index contributed by atoms with van der Waals surface area (Å²) in [5.41, 5.74) is 1.25. The topological polar surface area (TPSA) is 86.8 Å². The minimum atomic E-state index is -0.758. The zero-order chi connectivity index (χ0) is 23.8. The van der Waals surface area contributed by atoms with Gasteiger partial charge in [-0.15, -0.1) is 0 Å². The third kappa shape index (κ3) is 7.75. The first-order valence-corrected chi connectivity index (χ1v) is 11.4. The molecule has 1 aliphatic heterocycles. The summed E-state index contributed by atoms with van der Waals surface area (Å²) < 4.78 is 5.38. The zero-order valence-electron chi connectivity index (χ0n) is 20.0. The van der Waals surface area contributed by atoms with E-state index in [0.717, 1.165) is 43.1 Å². The largest absolute Gasteiger partial charge is 0.444 e. The van der Waals surface area contributed by atoms with E-state index in [9.17, 15) is 9.59 Å². The van der Waals surface area contributed by atoms with E-state index in [2.05, 4.69) is 32.5 Å². The maximum atomic E-state index is 13.1. The minimum Gasteiger partial charge on any atom is -0.444 e. The first-order chi connectivity index (χ1) is 15.7. The van der Waals surface area contributed by atoms with Gasteiger partial charge in [0.2, 0.25) is 5.91 Å². The van der Waals surface area contributed by atoms with Crippen molar-refractivity contribution in [1.82, 2.24) is 20.5 Å². The monoisotopic (exact) mass is 453 g/mol. The first kappa shape index (κ1) is 24.5. The van der Waals surface area contributed by atoms with E-state index >= 15 is 0 Å². The number of alkyl carbamates (subject to hydrolysis) is 1. The molecule has 1 saturated heterocycles. The van der Waals surface area contributed by atoms with E-state index < -0.39 is 17.7 Å². The van der Waals surface area contributed by atoms with Crippen molar-refractivity contribution < 1.29 is 14.3 Å². The van der Waals surface area contributed by atoms with Gasteiger partial charge in [0.15, 0.2) is 0 Å². The Morgan fingerprint density at radius 2 is 1.76 bits per heavy atom. The number of hydrogen-bond donors (Lipinski definition) is 2. The number of carbonyl (C=O) groups excluding carboxylic acids is 2. The lowest BCUT2D eigenvalue weighted by atomic mass is 10.1. The van der Waals surface area contributed by atoms with Crippen molar-refractivity contribution in [3.05, 3.63) is 59.8 Å². The smallest absolute Gasteiger partial charge is 0.408 e. The number of rotatable bonds is 7. The van der Waals surface area contributed by atoms with E-state index in [-0.39, 0.29) is 5.91 Å². The summed E-state index contributed by atoms with van der Waals surface area (Å²) in [5.74, 6) is 0.628. The molecule has 1 unspecified atom stereocenters. The number of ether oxygens (including phenoxy) is 1. The molecule has 3 rings (SSSR count). The molecule has 0 radical (unpaired) electrons. The first-order valence-electron chi connectivity index (χ1n) is 11.4. The Morgan fingerprint density at radius 1 is 1.06 bits per heavy atom. The predicted molar refractivity (Wildman–Crippen MR) is 129 cm³/mol. The van der Waals surface area contributed by atoms with Crippen LogP contribution in [0.4, 0.5) is 10.6 Å². The van der Waals surface area contributed by atoms with Gasteiger partial charge in [0.25, 0.3) is 0 Å². The Balaban J connectivity index is 1.68. The standard InChI is InChI=1S/C25H35N5O3/c1-25(2,3)33-24(32)28-21(17-19-9-6-5-7-10-19)23(31)27-18-20-11-8-12-26-22(20)30-15-13-29(4)14-16-30/h5-12,21H,13-18H2,1-4H3,(H,27,31)(H,28,32). The molecule has 178 valence electrons. The summed E-state index contributed by atoms with van der Waals surface area (Å²) in [6.45, 7) is 9.44. The van der Waals surface area contributed by atoms with Gasteiger partial charge in [-0.3, -0.25) is 4.79 Å². The van der Waals surface area contributed by atoms with Crippen LogP contribution in [0, 0.1) is 0 Å². The molecule has 0 bridgehead atoms. The number of piperazine rings is 1. The molecule has 1 aliphatic rings. The fourth-order valence-corrected chi connectivity index (χ4v) is 3.69. The average Bonchev–Trinajstić information content (AvgIpc) is 2.77. The number of benzene rings is 1. The molecule has 1 atom stereocenters. The number of amides is 2. The number of nitrogens with one attached hydrogen (secondary N) is 2. The summed E-state index contributed by atoms with van der Waals surface area (Å²) in [4.78, 5) is 34.6. The second kappa shape index (κ2) is 11.1. The van der Waals surface area contributed by atoms with Crippen molar-refractivity contribution in [3.8, 4) is 0 Å². The molecule has 2 amide bonds. The van der Waals surface area contributed by atoms with Gasteiger partial charge in [0, 0.05) is 50.9 Å². The zero-order valence-corrected chi connectivity index (χ0v) is 20.0. The third-order valence-electron chi connectivity index (χ3n) is 5.41. The molecule has 0 saturated carbocycles. The van der Waals surface area contributed by atoms with Gasteiger partial charge in [0.1, 0.15) is 17.5 Å². The van der Waals surface area contributed by atoms with Crippen molar-refractivity contribution in [2.75, 3.05) is 38.1 Å². The van der Waals surface area contributed by atoms with Crippen LogP contribution in [0.3, 0.4) is 0 Å². The Morgan fingerprint density at radius 3 is 2.42 bits per heavy atom. The van der Waals surface area contributed by atoms with Gasteiger partial charge in [-0.2, -0.15) is 0 Å². The predicted octanol–water partition coefficient (Wildman–Crippen LogP) is 2.59. The molecule has 8 nitrogen and oxygen atoms in total. The average molecular weight is 454 g/mol. The van der Waals surface area contributed by atoms with Gasteiger partial charge >= 0.3 is 6.09 Å². The van der Waals surface area contributed by atoms with E-state index in [4.69, 9.17) is 4.74 Å². The van der Waals surface area contributed by atoms with Crippen LogP contribution in [0.2, 0.25) is 0 Å². The summed E-state index contributed by atoms with van der Waals surface area (Å²) in [5, 5.41) is 5.73. The van der Waals surface area contributed by atoms with Gasteiger partial charge in [-0.25, -0.2) is 9.78 Å². The number of aromatic nitrogens is 1. The van der Waals surface area contributed by atoms with Gasteiger partial charge < -0.3 is 25.2 Å². The van der Waals surface area contributed by atoms with Crippen LogP contribution in [0.1, 0.15) is 31.9 Å². The lowest BCUT2D eigenvalue weighted by Gasteiger charge is -2.34. The van der Waals surface area contributed by atoms with E-state index in [1.807, 2.05) is 42.5 Å². The molecular weight excluding hydrogens is 418 g/mol. The number of nitrogens with zero attached hydrogens (tertiary/aromatic N) is 3. The molecule has 33 heavy (non-hydrogen) atoms. The molecule has 0 aliphatic carbocycles. The summed E-state index contributed by atoms with van der Waals surface area (Å²) in [7, 11) is 2.11. The van der Waals surface area contributed by atoms with E-state index in [1.54, 1.807) is 27.0 Å². The van der Waals surface area contributed by atoms with Crippen molar-refractivity contribution in [2.45, 2.75) is 45.4 Å². The van der Waals surface area contributed by atoms with Crippen LogP contribution in [0.15, 0.2) is 48.7 Å². The highest BCUT2D eigenvalue weighted by Gasteiger charge is 2.25. The minimum absolute atomic E-state index is 0.266. The molecular formula is C25H35N5O3. The highest BCUT2D eigenvalue weighted by Crippen LogP contribution is 2.19. The highest BCUT2D eigenvalue weighted by atomic mass is 16.6. The lowest BCUT2D eigenvalue weighted by Crippen LogP contribution is -2.49. The van der Waals surface area contributed by atoms with Crippen molar-refractivity contribution >= 4 is 17.8 Å². The SMILES string of the molecule is CN1CCN(c2ncccc2CNC(=O)C(Cc2ccccc2)NC(=O)OC(C)(C)C)CC1. The van der Waals surface area contributed by atoms with Crippen LogP contribution in [0.5, 0.6) is 0 Å². The van der Waals surface area contributed by atoms with Crippen LogP contribution in [-0.4, -0.2) is 66.8 Å². The molecule has 8 heteroatoms.